The van der Waals surface area contributed by atoms with Crippen LogP contribution in [0.25, 0.3) is 0 Å². The van der Waals surface area contributed by atoms with Gasteiger partial charge in [0.15, 0.2) is 0 Å². The van der Waals surface area contributed by atoms with Gasteiger partial charge in [0.2, 0.25) is 12.2 Å². The van der Waals surface area contributed by atoms with Gasteiger partial charge in [-0.05, 0) is 0 Å². The molecule has 0 aromatic rings. The summed E-state index contributed by atoms with van der Waals surface area (Å²) in [4.78, 5) is 21.7. The van der Waals surface area contributed by atoms with Crippen molar-refractivity contribution in [2.24, 2.45) is 9.98 Å². The Morgan fingerprint density at radius 2 is 0.864 bits per heavy atom. The Morgan fingerprint density at radius 3 is 1.05 bits per heavy atom. The van der Waals surface area contributed by atoms with Crippen LogP contribution in [-0.4, -0.2) is 48.4 Å². The van der Waals surface area contributed by atoms with Gasteiger partial charge in [-0.25, -0.2) is 18.4 Å². The van der Waals surface area contributed by atoms with Gasteiger partial charge in [-0.1, -0.05) is 0 Å². The highest BCUT2D eigenvalue weighted by Crippen LogP contribution is 2.55. The van der Waals surface area contributed by atoms with Gasteiger partial charge in [0.25, 0.3) is 12.6 Å². The highest BCUT2D eigenvalue weighted by Gasteiger charge is 2.84. The van der Waals surface area contributed by atoms with E-state index in [0.29, 0.717) is 0 Å². The maximum atomic E-state index is 12.9. The number of carbonyl (C=O) groups excluding carboxylic acids is 2. The van der Waals surface area contributed by atoms with Crippen LogP contribution < -0.4 is 0 Å². The average molecular weight is 348 g/mol. The summed E-state index contributed by atoms with van der Waals surface area (Å²) in [6.45, 7) is 0. The number of aliphatic imine (C=N–C) groups is 2. The molecule has 0 bridgehead atoms. The van der Waals surface area contributed by atoms with Crippen molar-refractivity contribution in [1.29, 1.82) is 0 Å². The number of halogens is 10. The van der Waals surface area contributed by atoms with Gasteiger partial charge < -0.3 is 0 Å². The predicted molar refractivity (Wildman–Crippen MR) is 45.8 cm³/mol. The molecular formula is C8H2F10N2O2. The van der Waals surface area contributed by atoms with E-state index >= 15 is 0 Å². The van der Waals surface area contributed by atoms with Crippen LogP contribution in [0.2, 0.25) is 0 Å². The number of nitrogens with zero attached hydrogens (tertiary/aromatic N) is 2. The van der Waals surface area contributed by atoms with Crippen molar-refractivity contribution in [3.8, 4) is 0 Å². The van der Waals surface area contributed by atoms with E-state index in [1.54, 1.807) is 0 Å². The molecular weight excluding hydrogens is 346 g/mol. The number of isocyanates is 2. The van der Waals surface area contributed by atoms with Crippen LogP contribution in [-0.2, 0) is 9.59 Å². The molecule has 0 spiro atoms. The molecule has 0 N–H and O–H groups in total. The lowest BCUT2D eigenvalue weighted by atomic mass is 9.97. The number of alkyl halides is 10. The van der Waals surface area contributed by atoms with Gasteiger partial charge in [0.1, 0.15) is 0 Å². The molecule has 2 unspecified atom stereocenters. The third-order valence-corrected chi connectivity index (χ3v) is 2.16. The van der Waals surface area contributed by atoms with Crippen LogP contribution in [0.15, 0.2) is 9.98 Å². The second-order valence-corrected chi connectivity index (χ2v) is 3.51. The van der Waals surface area contributed by atoms with E-state index in [4.69, 9.17) is 0 Å². The van der Waals surface area contributed by atoms with Gasteiger partial charge in [-0.2, -0.15) is 45.1 Å². The highest BCUT2D eigenvalue weighted by molar-refractivity contribution is 5.34. The Balaban J connectivity index is 6.04. The minimum absolute atomic E-state index is 0.0107. The van der Waals surface area contributed by atoms with Crippen LogP contribution in [0.1, 0.15) is 0 Å². The topological polar surface area (TPSA) is 58.9 Å². The molecule has 0 aliphatic carbocycles. The van der Waals surface area contributed by atoms with E-state index in [1.807, 2.05) is 0 Å². The minimum Gasteiger partial charge on any atom is -0.214 e. The molecule has 14 heteroatoms. The molecule has 0 amide bonds. The fraction of sp³-hybridized carbons (Fsp3) is 0.750. The Morgan fingerprint density at radius 1 is 0.636 bits per heavy atom. The summed E-state index contributed by atoms with van der Waals surface area (Å²) >= 11 is 0. The summed E-state index contributed by atoms with van der Waals surface area (Å²) in [6.07, 6.45) is -9.37. The van der Waals surface area contributed by atoms with Crippen LogP contribution in [0, 0.1) is 0 Å². The first-order valence-electron chi connectivity index (χ1n) is 4.65. The summed E-state index contributed by atoms with van der Waals surface area (Å²) in [5, 5.41) is 0. The van der Waals surface area contributed by atoms with E-state index in [0.717, 1.165) is 0 Å². The van der Waals surface area contributed by atoms with Crippen LogP contribution >= 0.6 is 0 Å². The molecule has 0 fully saturated rings. The summed E-state index contributed by atoms with van der Waals surface area (Å²) in [7, 11) is 0. The minimum atomic E-state index is -7.22. The van der Waals surface area contributed by atoms with Crippen molar-refractivity contribution in [3.05, 3.63) is 0 Å². The normalized spacial score (nSPS) is 16.3. The van der Waals surface area contributed by atoms with Crippen LogP contribution in [0.4, 0.5) is 43.9 Å². The predicted octanol–water partition coefficient (Wildman–Crippen LogP) is 2.79. The standard InChI is InChI=1S/C8H2F10N2O2/c9-3(19-1-21)5(11,12)7(15,16)8(17,18)6(13,14)4(10)20-2-22/h3-4H. The summed E-state index contributed by atoms with van der Waals surface area (Å²) in [5.74, 6) is -27.7. The first kappa shape index (κ1) is 20.1. The van der Waals surface area contributed by atoms with Crippen LogP contribution in [0.3, 0.4) is 0 Å². The lowest BCUT2D eigenvalue weighted by Gasteiger charge is -2.36. The fourth-order valence-corrected chi connectivity index (χ4v) is 0.972. The molecule has 0 saturated heterocycles. The lowest BCUT2D eigenvalue weighted by Crippen LogP contribution is -2.66. The van der Waals surface area contributed by atoms with Gasteiger partial charge >= 0.3 is 23.7 Å². The molecule has 4 nitrogen and oxygen atoms in total. The number of hydrogen-bond acceptors (Lipinski definition) is 4. The maximum Gasteiger partial charge on any atom is 0.383 e. The van der Waals surface area contributed by atoms with Crippen molar-refractivity contribution < 1.29 is 53.5 Å². The number of hydrogen-bond donors (Lipinski definition) is 0. The van der Waals surface area contributed by atoms with Gasteiger partial charge in [-0.15, -0.1) is 0 Å². The van der Waals surface area contributed by atoms with Crippen molar-refractivity contribution >= 4 is 12.2 Å². The van der Waals surface area contributed by atoms with E-state index in [2.05, 4.69) is 0 Å². The van der Waals surface area contributed by atoms with E-state index in [-0.39, 0.29) is 12.2 Å². The average Bonchev–Trinajstić information content (AvgIpc) is 2.38. The van der Waals surface area contributed by atoms with Crippen molar-refractivity contribution in [1.82, 2.24) is 0 Å². The molecule has 0 aliphatic rings. The van der Waals surface area contributed by atoms with Crippen molar-refractivity contribution in [3.63, 3.8) is 0 Å². The molecule has 2 atom stereocenters. The second-order valence-electron chi connectivity index (χ2n) is 3.51. The molecule has 0 saturated carbocycles. The highest BCUT2D eigenvalue weighted by atomic mass is 19.4. The fourth-order valence-electron chi connectivity index (χ4n) is 0.972. The monoisotopic (exact) mass is 348 g/mol. The smallest absolute Gasteiger partial charge is 0.214 e. The maximum absolute atomic E-state index is 12.9. The molecule has 0 aliphatic heterocycles. The molecule has 0 radical (unpaired) electrons. The zero-order valence-corrected chi connectivity index (χ0v) is 9.65. The SMILES string of the molecule is O=C=NC(F)C(F)(F)C(F)(F)C(F)(F)C(F)(F)C(F)N=C=O. The van der Waals surface area contributed by atoms with Crippen molar-refractivity contribution in [2.75, 3.05) is 0 Å². The quantitative estimate of drug-likeness (QED) is 0.307. The van der Waals surface area contributed by atoms with Crippen molar-refractivity contribution in [2.45, 2.75) is 36.3 Å². The molecule has 0 heterocycles. The third-order valence-electron chi connectivity index (χ3n) is 2.16. The largest absolute Gasteiger partial charge is 0.383 e. The van der Waals surface area contributed by atoms with E-state index < -0.39 is 36.3 Å². The Kier molecular flexibility index (Phi) is 5.51. The zero-order valence-electron chi connectivity index (χ0n) is 9.65. The molecule has 126 valence electrons. The Bertz CT molecular complexity index is 463. The molecule has 0 rings (SSSR count). The Labute approximate surface area is 113 Å². The Hall–Kier alpha value is -1.94. The first-order valence-corrected chi connectivity index (χ1v) is 4.65. The van der Waals surface area contributed by atoms with Gasteiger partial charge in [0.05, 0.1) is 0 Å². The summed E-state index contributed by atoms with van der Waals surface area (Å²) in [5.41, 5.74) is 0. The molecule has 0 aromatic carbocycles. The first-order chi connectivity index (χ1) is 9.71. The summed E-state index contributed by atoms with van der Waals surface area (Å²) < 4.78 is 128. The third kappa shape index (κ3) is 2.83. The van der Waals surface area contributed by atoms with Gasteiger partial charge in [-0.3, -0.25) is 0 Å². The molecule has 22 heavy (non-hydrogen) atoms. The molecule has 0 aromatic heterocycles. The second kappa shape index (κ2) is 6.05. The van der Waals surface area contributed by atoms with E-state index in [1.165, 1.54) is 9.98 Å². The van der Waals surface area contributed by atoms with Gasteiger partial charge in [0, 0.05) is 0 Å². The lowest BCUT2D eigenvalue weighted by molar-refractivity contribution is -0.382. The summed E-state index contributed by atoms with van der Waals surface area (Å²) in [6, 6.07) is 0. The zero-order chi connectivity index (χ0) is 18.0. The van der Waals surface area contributed by atoms with Crippen LogP contribution in [0.5, 0.6) is 0 Å². The van der Waals surface area contributed by atoms with E-state index in [9.17, 15) is 53.5 Å². The number of rotatable bonds is 7.